The number of methoxy groups -OCH3 is 1. The molecule has 3 rings (SSSR count). The van der Waals surface area contributed by atoms with Crippen LogP contribution in [0.3, 0.4) is 0 Å². The maximum atomic E-state index is 5.22. The Morgan fingerprint density at radius 1 is 1.04 bits per heavy atom. The van der Waals surface area contributed by atoms with Gasteiger partial charge in [0.05, 0.1) is 18.5 Å². The normalized spacial score (nSPS) is 12.2. The van der Waals surface area contributed by atoms with Crippen LogP contribution in [0.1, 0.15) is 35.5 Å². The number of aromatic nitrogens is 2. The summed E-state index contributed by atoms with van der Waals surface area (Å²) in [6.45, 7) is 7.16. The topological polar surface area (TPSA) is 39.1 Å². The Balaban J connectivity index is 1.73. The van der Waals surface area contributed by atoms with E-state index in [-0.39, 0.29) is 6.04 Å². The summed E-state index contributed by atoms with van der Waals surface area (Å²) < 4.78 is 7.24. The first-order chi connectivity index (χ1) is 12.1. The van der Waals surface area contributed by atoms with Crippen molar-refractivity contribution in [2.45, 2.75) is 33.4 Å². The van der Waals surface area contributed by atoms with Crippen molar-refractivity contribution in [3.8, 4) is 11.4 Å². The van der Waals surface area contributed by atoms with E-state index in [9.17, 15) is 0 Å². The average molecular weight is 335 g/mol. The first kappa shape index (κ1) is 17.2. The number of hydrogen-bond acceptors (Lipinski definition) is 3. The summed E-state index contributed by atoms with van der Waals surface area (Å²) in [7, 11) is 1.69. The second-order valence-electron chi connectivity index (χ2n) is 6.27. The third-order valence-electron chi connectivity index (χ3n) is 4.64. The number of aryl methyl sites for hydroxylation is 1. The Morgan fingerprint density at radius 3 is 2.36 bits per heavy atom. The summed E-state index contributed by atoms with van der Waals surface area (Å²) >= 11 is 0. The van der Waals surface area contributed by atoms with Gasteiger partial charge >= 0.3 is 0 Å². The minimum atomic E-state index is 0.254. The van der Waals surface area contributed by atoms with E-state index in [4.69, 9.17) is 9.84 Å². The van der Waals surface area contributed by atoms with Crippen LogP contribution in [0.15, 0.2) is 54.6 Å². The molecular weight excluding hydrogens is 310 g/mol. The van der Waals surface area contributed by atoms with Crippen molar-refractivity contribution in [3.05, 3.63) is 77.1 Å². The van der Waals surface area contributed by atoms with Gasteiger partial charge in [-0.15, -0.1) is 0 Å². The molecule has 4 nitrogen and oxygen atoms in total. The van der Waals surface area contributed by atoms with Crippen molar-refractivity contribution < 1.29 is 4.74 Å². The first-order valence-electron chi connectivity index (χ1n) is 8.58. The van der Waals surface area contributed by atoms with E-state index in [0.717, 1.165) is 23.7 Å². The molecule has 3 aromatic rings. The lowest BCUT2D eigenvalue weighted by molar-refractivity contribution is 0.414. The van der Waals surface area contributed by atoms with Crippen molar-refractivity contribution in [2.24, 2.45) is 0 Å². The predicted octanol–water partition coefficient (Wildman–Crippen LogP) is 4.35. The van der Waals surface area contributed by atoms with Crippen LogP contribution in [0.5, 0.6) is 5.75 Å². The molecule has 4 heteroatoms. The van der Waals surface area contributed by atoms with E-state index < -0.39 is 0 Å². The molecule has 0 aliphatic carbocycles. The molecule has 1 N–H and O–H groups in total. The molecule has 2 aromatic carbocycles. The van der Waals surface area contributed by atoms with Crippen molar-refractivity contribution >= 4 is 0 Å². The molecule has 0 aliphatic heterocycles. The van der Waals surface area contributed by atoms with Crippen LogP contribution in [-0.4, -0.2) is 16.9 Å². The smallest absolute Gasteiger partial charge is 0.118 e. The highest BCUT2D eigenvalue weighted by Gasteiger charge is 2.14. The van der Waals surface area contributed by atoms with E-state index in [1.165, 1.54) is 16.8 Å². The summed E-state index contributed by atoms with van der Waals surface area (Å²) in [5, 5.41) is 8.32. The molecule has 0 bridgehead atoms. The minimum absolute atomic E-state index is 0.254. The first-order valence-corrected chi connectivity index (χ1v) is 8.58. The lowest BCUT2D eigenvalue weighted by Gasteiger charge is -2.15. The molecule has 25 heavy (non-hydrogen) atoms. The van der Waals surface area contributed by atoms with Gasteiger partial charge in [0.15, 0.2) is 0 Å². The maximum absolute atomic E-state index is 5.22. The number of benzene rings is 2. The number of nitrogens with zero attached hydrogens (tertiary/aromatic N) is 2. The number of nitrogens with one attached hydrogen (secondary N) is 1. The molecular formula is C21H25N3O. The Kier molecular flexibility index (Phi) is 5.19. The molecule has 0 spiro atoms. The zero-order valence-electron chi connectivity index (χ0n) is 15.3. The van der Waals surface area contributed by atoms with Gasteiger partial charge in [-0.3, -0.25) is 0 Å². The van der Waals surface area contributed by atoms with Gasteiger partial charge < -0.3 is 10.1 Å². The van der Waals surface area contributed by atoms with Crippen LogP contribution in [0.25, 0.3) is 5.69 Å². The summed E-state index contributed by atoms with van der Waals surface area (Å²) in [4.78, 5) is 0. The van der Waals surface area contributed by atoms with E-state index >= 15 is 0 Å². The third-order valence-corrected chi connectivity index (χ3v) is 4.64. The van der Waals surface area contributed by atoms with Crippen molar-refractivity contribution in [1.29, 1.82) is 0 Å². The zero-order valence-corrected chi connectivity index (χ0v) is 15.3. The molecule has 0 saturated heterocycles. The number of hydrogen-bond donors (Lipinski definition) is 1. The van der Waals surface area contributed by atoms with Gasteiger partial charge in [0, 0.05) is 23.8 Å². The van der Waals surface area contributed by atoms with Crippen molar-refractivity contribution in [2.75, 3.05) is 7.11 Å². The molecule has 0 amide bonds. The van der Waals surface area contributed by atoms with E-state index in [0.29, 0.717) is 0 Å². The van der Waals surface area contributed by atoms with Crippen molar-refractivity contribution in [3.63, 3.8) is 0 Å². The fraction of sp³-hybridized carbons (Fsp3) is 0.286. The lowest BCUT2D eigenvalue weighted by atomic mass is 10.1. The largest absolute Gasteiger partial charge is 0.497 e. The highest BCUT2D eigenvalue weighted by Crippen LogP contribution is 2.21. The van der Waals surface area contributed by atoms with Crippen LogP contribution >= 0.6 is 0 Å². The van der Waals surface area contributed by atoms with Gasteiger partial charge in [0.25, 0.3) is 0 Å². The van der Waals surface area contributed by atoms with Gasteiger partial charge in [-0.05, 0) is 50.6 Å². The SMILES string of the molecule is COc1ccc([C@@H](C)NCc2c(C)nn(-c3ccccc3)c2C)cc1. The molecule has 0 unspecified atom stereocenters. The van der Waals surface area contributed by atoms with Crippen LogP contribution in [0, 0.1) is 13.8 Å². The summed E-state index contributed by atoms with van der Waals surface area (Å²) in [6, 6.07) is 18.7. The van der Waals surface area contributed by atoms with Crippen LogP contribution in [0.2, 0.25) is 0 Å². The van der Waals surface area contributed by atoms with Crippen LogP contribution in [0.4, 0.5) is 0 Å². The summed E-state index contributed by atoms with van der Waals surface area (Å²) in [5.74, 6) is 0.881. The summed E-state index contributed by atoms with van der Waals surface area (Å²) in [5.41, 5.74) is 5.84. The molecule has 0 radical (unpaired) electrons. The van der Waals surface area contributed by atoms with Gasteiger partial charge in [-0.25, -0.2) is 4.68 Å². The number of rotatable bonds is 6. The lowest BCUT2D eigenvalue weighted by Crippen LogP contribution is -2.19. The molecule has 1 atom stereocenters. The fourth-order valence-corrected chi connectivity index (χ4v) is 3.02. The van der Waals surface area contributed by atoms with Gasteiger partial charge in [-0.2, -0.15) is 5.10 Å². The average Bonchev–Trinajstić information content (AvgIpc) is 2.94. The Labute approximate surface area is 149 Å². The molecule has 1 heterocycles. The molecule has 130 valence electrons. The summed E-state index contributed by atoms with van der Waals surface area (Å²) in [6.07, 6.45) is 0. The quantitative estimate of drug-likeness (QED) is 0.728. The number of ether oxygens (including phenoxy) is 1. The molecule has 0 saturated carbocycles. The van der Waals surface area contributed by atoms with Crippen LogP contribution in [-0.2, 0) is 6.54 Å². The number of para-hydroxylation sites is 1. The van der Waals surface area contributed by atoms with Crippen molar-refractivity contribution in [1.82, 2.24) is 15.1 Å². The fourth-order valence-electron chi connectivity index (χ4n) is 3.02. The van der Waals surface area contributed by atoms with Crippen LogP contribution < -0.4 is 10.1 Å². The van der Waals surface area contributed by atoms with E-state index in [2.05, 4.69) is 50.4 Å². The van der Waals surface area contributed by atoms with E-state index in [1.807, 2.05) is 35.0 Å². The maximum Gasteiger partial charge on any atom is 0.118 e. The zero-order chi connectivity index (χ0) is 17.8. The second-order valence-corrected chi connectivity index (χ2v) is 6.27. The highest BCUT2D eigenvalue weighted by atomic mass is 16.5. The Morgan fingerprint density at radius 2 is 1.72 bits per heavy atom. The molecule has 0 aliphatic rings. The third kappa shape index (κ3) is 3.74. The Bertz CT molecular complexity index is 822. The highest BCUT2D eigenvalue weighted by molar-refractivity contribution is 5.37. The Hall–Kier alpha value is -2.59. The van der Waals surface area contributed by atoms with Gasteiger partial charge in [0.1, 0.15) is 5.75 Å². The molecule has 0 fully saturated rings. The molecule has 1 aromatic heterocycles. The minimum Gasteiger partial charge on any atom is -0.497 e. The van der Waals surface area contributed by atoms with E-state index in [1.54, 1.807) is 7.11 Å². The van der Waals surface area contributed by atoms with Gasteiger partial charge in [0.2, 0.25) is 0 Å². The second kappa shape index (κ2) is 7.53. The van der Waals surface area contributed by atoms with Gasteiger partial charge in [-0.1, -0.05) is 30.3 Å². The monoisotopic (exact) mass is 335 g/mol. The predicted molar refractivity (Wildman–Crippen MR) is 101 cm³/mol. The standard InChI is InChI=1S/C21H25N3O/c1-15(18-10-12-20(25-4)13-11-18)22-14-21-16(2)23-24(17(21)3)19-8-6-5-7-9-19/h5-13,15,22H,14H2,1-4H3/t15-/m1/s1.